The van der Waals surface area contributed by atoms with E-state index in [1.165, 1.54) is 0 Å². The van der Waals surface area contributed by atoms with E-state index in [9.17, 15) is 0 Å². The van der Waals surface area contributed by atoms with Gasteiger partial charge in [-0.15, -0.1) is 0 Å². The van der Waals surface area contributed by atoms with Gasteiger partial charge in [0, 0.05) is 0 Å². The second kappa shape index (κ2) is 16.5. The van der Waals surface area contributed by atoms with Crippen LogP contribution in [0.5, 0.6) is 0 Å². The van der Waals surface area contributed by atoms with E-state index >= 15 is 0 Å². The largest absolute Gasteiger partial charge is 0.374 e. The lowest BCUT2D eigenvalue weighted by atomic mass is 9.90. The van der Waals surface area contributed by atoms with Crippen LogP contribution in [-0.4, -0.2) is 31.0 Å². The topological polar surface area (TPSA) is 46.2 Å². The second-order valence-electron chi connectivity index (χ2n) is 11.8. The normalized spacial score (nSPS) is 21.2. The van der Waals surface area contributed by atoms with Gasteiger partial charge in [-0.05, 0) is 34.7 Å². The van der Waals surface area contributed by atoms with Gasteiger partial charge in [-0.25, -0.2) is 0 Å². The minimum Gasteiger partial charge on any atom is -0.374 e. The molecule has 0 bridgehead atoms. The zero-order valence-corrected chi connectivity index (χ0v) is 26.3. The van der Waals surface area contributed by atoms with Crippen LogP contribution in [0.25, 0.3) is 0 Å². The Bertz CT molecular complexity index is 1580. The number of benzene rings is 5. The van der Waals surface area contributed by atoms with Gasteiger partial charge in [0.15, 0.2) is 0 Å². The second-order valence-corrected chi connectivity index (χ2v) is 11.8. The molecule has 5 nitrogen and oxygen atoms in total. The zero-order chi connectivity index (χ0) is 31.4. The summed E-state index contributed by atoms with van der Waals surface area (Å²) in [5.41, 5.74) is 6.56. The number of aryl methyl sites for hydroxylation is 1. The average Bonchev–Trinajstić information content (AvgIpc) is 3.11. The predicted octanol–water partition coefficient (Wildman–Crippen LogP) is 8.41. The fourth-order valence-corrected chi connectivity index (χ4v) is 5.90. The first kappa shape index (κ1) is 31.9. The standard InChI is InChI=1S/C41H42O5/c1-31-15-14-24-36(25-31)38-40(44-28-34-20-10-4-11-21-34)41(45-29-35-22-12-5-13-23-35)39(43-27-33-18-8-3-9-19-33)37(46-38)30-42-26-32-16-6-2-7-17-32/h2-25,37-41H,26-30H2,1H3/t37-,38+,39-,40+,41+/m1/s1. The Kier molecular flexibility index (Phi) is 11.4. The molecule has 0 radical (unpaired) electrons. The summed E-state index contributed by atoms with van der Waals surface area (Å²) < 4.78 is 33.8. The van der Waals surface area contributed by atoms with Crippen LogP contribution in [0.15, 0.2) is 146 Å². The summed E-state index contributed by atoms with van der Waals surface area (Å²) in [5.74, 6) is 0. The van der Waals surface area contributed by atoms with Crippen molar-refractivity contribution in [1.29, 1.82) is 0 Å². The Morgan fingerprint density at radius 1 is 0.478 bits per heavy atom. The lowest BCUT2D eigenvalue weighted by Crippen LogP contribution is -2.58. The number of hydrogen-bond donors (Lipinski definition) is 0. The summed E-state index contributed by atoms with van der Waals surface area (Å²) in [6.07, 6.45) is -2.16. The number of hydrogen-bond acceptors (Lipinski definition) is 5. The third-order valence-electron chi connectivity index (χ3n) is 8.25. The smallest absolute Gasteiger partial charge is 0.117 e. The van der Waals surface area contributed by atoms with E-state index in [4.69, 9.17) is 23.7 Å². The quantitative estimate of drug-likeness (QED) is 0.126. The number of ether oxygens (including phenoxy) is 5. The van der Waals surface area contributed by atoms with Crippen molar-refractivity contribution in [3.05, 3.63) is 179 Å². The van der Waals surface area contributed by atoms with Crippen molar-refractivity contribution in [3.8, 4) is 0 Å². The van der Waals surface area contributed by atoms with Crippen LogP contribution >= 0.6 is 0 Å². The molecule has 0 unspecified atom stereocenters. The molecule has 236 valence electrons. The minimum absolute atomic E-state index is 0.341. The maximum atomic E-state index is 6.99. The molecule has 5 aromatic carbocycles. The third-order valence-corrected chi connectivity index (χ3v) is 8.25. The molecule has 0 N–H and O–H groups in total. The van der Waals surface area contributed by atoms with Crippen molar-refractivity contribution in [2.75, 3.05) is 6.61 Å². The van der Waals surface area contributed by atoms with Crippen molar-refractivity contribution in [1.82, 2.24) is 0 Å². The van der Waals surface area contributed by atoms with Crippen molar-refractivity contribution >= 4 is 0 Å². The van der Waals surface area contributed by atoms with E-state index in [0.29, 0.717) is 33.0 Å². The molecule has 46 heavy (non-hydrogen) atoms. The molecular weight excluding hydrogens is 572 g/mol. The highest BCUT2D eigenvalue weighted by molar-refractivity contribution is 5.27. The van der Waals surface area contributed by atoms with Gasteiger partial charge in [-0.2, -0.15) is 0 Å². The molecule has 1 fully saturated rings. The molecule has 5 heteroatoms. The molecule has 1 heterocycles. The van der Waals surface area contributed by atoms with Gasteiger partial charge in [-0.3, -0.25) is 0 Å². The molecule has 0 aliphatic carbocycles. The highest BCUT2D eigenvalue weighted by Gasteiger charge is 2.49. The predicted molar refractivity (Wildman–Crippen MR) is 180 cm³/mol. The Hall–Kier alpha value is -4.10. The van der Waals surface area contributed by atoms with Gasteiger partial charge in [0.25, 0.3) is 0 Å². The van der Waals surface area contributed by atoms with Gasteiger partial charge < -0.3 is 23.7 Å². The zero-order valence-electron chi connectivity index (χ0n) is 26.3. The first-order valence-electron chi connectivity index (χ1n) is 16.0. The maximum absolute atomic E-state index is 6.99. The van der Waals surface area contributed by atoms with Crippen LogP contribution in [0.3, 0.4) is 0 Å². The van der Waals surface area contributed by atoms with Crippen LogP contribution in [-0.2, 0) is 50.1 Å². The fraction of sp³-hybridized carbons (Fsp3) is 0.268. The van der Waals surface area contributed by atoms with Gasteiger partial charge >= 0.3 is 0 Å². The first-order chi connectivity index (χ1) is 22.7. The van der Waals surface area contributed by atoms with Gasteiger partial charge in [0.05, 0.1) is 33.0 Å². The van der Waals surface area contributed by atoms with Gasteiger partial charge in [0.1, 0.15) is 30.5 Å². The summed E-state index contributed by atoms with van der Waals surface area (Å²) in [6.45, 7) is 4.17. The first-order valence-corrected chi connectivity index (χ1v) is 16.0. The molecule has 0 spiro atoms. The van der Waals surface area contributed by atoms with Crippen LogP contribution in [0.1, 0.15) is 39.5 Å². The Morgan fingerprint density at radius 2 is 0.935 bits per heavy atom. The molecule has 1 aliphatic rings. The fourth-order valence-electron chi connectivity index (χ4n) is 5.90. The van der Waals surface area contributed by atoms with Crippen molar-refractivity contribution in [2.45, 2.75) is 63.9 Å². The average molecular weight is 615 g/mol. The van der Waals surface area contributed by atoms with Crippen LogP contribution in [0, 0.1) is 6.92 Å². The molecule has 0 amide bonds. The van der Waals surface area contributed by atoms with Gasteiger partial charge in [-0.1, -0.05) is 151 Å². The summed E-state index contributed by atoms with van der Waals surface area (Å²) in [5, 5.41) is 0. The molecular formula is C41H42O5. The van der Waals surface area contributed by atoms with E-state index in [0.717, 1.165) is 33.4 Å². The highest BCUT2D eigenvalue weighted by atomic mass is 16.6. The summed E-state index contributed by atoms with van der Waals surface area (Å²) in [7, 11) is 0. The van der Waals surface area contributed by atoms with Crippen molar-refractivity contribution < 1.29 is 23.7 Å². The highest BCUT2D eigenvalue weighted by Crippen LogP contribution is 2.39. The molecule has 5 aromatic rings. The Labute approximate surface area is 272 Å². The van der Waals surface area contributed by atoms with Crippen LogP contribution in [0.4, 0.5) is 0 Å². The summed E-state index contributed by atoms with van der Waals surface area (Å²) >= 11 is 0. The van der Waals surface area contributed by atoms with E-state index < -0.39 is 30.5 Å². The minimum atomic E-state index is -0.457. The van der Waals surface area contributed by atoms with E-state index in [-0.39, 0.29) is 0 Å². The van der Waals surface area contributed by atoms with Crippen LogP contribution in [0.2, 0.25) is 0 Å². The Balaban J connectivity index is 1.34. The van der Waals surface area contributed by atoms with E-state index in [2.05, 4.69) is 79.7 Å². The molecule has 1 aliphatic heterocycles. The molecule has 5 atom stereocenters. The molecule has 0 saturated carbocycles. The Morgan fingerprint density at radius 3 is 1.43 bits per heavy atom. The van der Waals surface area contributed by atoms with E-state index in [1.807, 2.05) is 72.8 Å². The third kappa shape index (κ3) is 8.79. The monoisotopic (exact) mass is 614 g/mol. The summed E-state index contributed by atoms with van der Waals surface area (Å²) in [6, 6.07) is 49.3. The molecule has 1 saturated heterocycles. The summed E-state index contributed by atoms with van der Waals surface area (Å²) in [4.78, 5) is 0. The van der Waals surface area contributed by atoms with Crippen molar-refractivity contribution in [3.63, 3.8) is 0 Å². The SMILES string of the molecule is Cc1cccc([C@@H]2O[C@H](COCc3ccccc3)[C@@H](OCc3ccccc3)[C@H](OCc3ccccc3)[C@H]2OCc2ccccc2)c1. The lowest BCUT2D eigenvalue weighted by molar-refractivity contribution is -0.275. The van der Waals surface area contributed by atoms with Crippen molar-refractivity contribution in [2.24, 2.45) is 0 Å². The number of rotatable bonds is 14. The molecule has 0 aromatic heterocycles. The maximum Gasteiger partial charge on any atom is 0.117 e. The lowest BCUT2D eigenvalue weighted by Gasteiger charge is -2.46. The van der Waals surface area contributed by atoms with Crippen LogP contribution < -0.4 is 0 Å². The van der Waals surface area contributed by atoms with E-state index in [1.54, 1.807) is 0 Å². The van der Waals surface area contributed by atoms with Gasteiger partial charge in [0.2, 0.25) is 0 Å². The molecule has 6 rings (SSSR count).